The molecular weight excluding hydrogens is 528 g/mol. The molecule has 13 heteroatoms. The molecule has 0 aromatic heterocycles. The van der Waals surface area contributed by atoms with Crippen LogP contribution in [0.5, 0.6) is 0 Å². The maximum atomic E-state index is 12.9. The van der Waals surface area contributed by atoms with E-state index in [0.29, 0.717) is 44.1 Å². The van der Waals surface area contributed by atoms with Crippen molar-refractivity contribution in [2.75, 3.05) is 13.1 Å². The Morgan fingerprint density at radius 3 is 1.29 bits per heavy atom. The first-order chi connectivity index (χ1) is 14.5. The van der Waals surface area contributed by atoms with Crippen LogP contribution < -0.4 is 4.13 Å². The van der Waals surface area contributed by atoms with Gasteiger partial charge in [-0.2, -0.15) is 25.4 Å². The number of hydrogen-bond donors (Lipinski definition) is 1. The molecule has 4 rings (SSSR count). The molecule has 0 spiro atoms. The summed E-state index contributed by atoms with van der Waals surface area (Å²) in [4.78, 5) is 0. The smallest absolute Gasteiger partial charge is 0.194 e. The second kappa shape index (κ2) is 8.62. The second-order valence-electron chi connectivity index (χ2n) is 7.33. The van der Waals surface area contributed by atoms with Gasteiger partial charge in [0.2, 0.25) is 0 Å². The van der Waals surface area contributed by atoms with E-state index in [2.05, 4.69) is 0 Å². The molecule has 0 fully saturated rings. The van der Waals surface area contributed by atoms with E-state index in [0.717, 1.165) is 19.7 Å². The minimum absolute atomic E-state index is 0.00594. The third kappa shape index (κ3) is 4.85. The lowest BCUT2D eigenvalue weighted by molar-refractivity contribution is 0.375. The van der Waals surface area contributed by atoms with Crippen molar-refractivity contribution in [1.29, 1.82) is 0 Å². The van der Waals surface area contributed by atoms with Crippen molar-refractivity contribution < 1.29 is 16.8 Å². The number of hydrogen-bond acceptors (Lipinski definition) is 4. The van der Waals surface area contributed by atoms with Crippen LogP contribution in [0.2, 0.25) is 20.1 Å². The number of benzene rings is 2. The Bertz CT molecular complexity index is 1170. The predicted molar refractivity (Wildman–Crippen MR) is 122 cm³/mol. The molecule has 0 unspecified atom stereocenters. The summed E-state index contributed by atoms with van der Waals surface area (Å²) in [6, 6.07) is 6.61. The summed E-state index contributed by atoms with van der Waals surface area (Å²) in [5, 5.41) is 1.41. The van der Waals surface area contributed by atoms with Gasteiger partial charge in [0.05, 0.1) is 20.1 Å². The van der Waals surface area contributed by atoms with Crippen molar-refractivity contribution in [1.82, 2.24) is 12.7 Å². The molecule has 7 nitrogen and oxygen atoms in total. The Morgan fingerprint density at radius 1 is 0.613 bits per heavy atom. The van der Waals surface area contributed by atoms with Gasteiger partial charge in [0.1, 0.15) is 0 Å². The molecule has 2 heterocycles. The number of fused-ring (bicyclic) bond motifs is 2. The standard InChI is InChI=1S/C18H17Cl4N3O4S2/c19-15-5-11-1-3-24(9-13(11)7-17(15)21)30(26,27)23-31(28,29)25-4-2-12-6-16(20)18(22)8-14(12)10-25/h5-8,23H,1-4,9-10H2. The molecular formula is C18H17Cl4N3O4S2. The minimum Gasteiger partial charge on any atom is -0.194 e. The quantitative estimate of drug-likeness (QED) is 0.634. The fourth-order valence-electron chi connectivity index (χ4n) is 3.70. The van der Waals surface area contributed by atoms with Crippen LogP contribution in [-0.4, -0.2) is 38.5 Å². The lowest BCUT2D eigenvalue weighted by Gasteiger charge is -2.31. The lowest BCUT2D eigenvalue weighted by atomic mass is 10.0. The number of nitrogens with one attached hydrogen (secondary N) is 1. The molecule has 0 bridgehead atoms. The van der Waals surface area contributed by atoms with Gasteiger partial charge in [-0.25, -0.2) is 0 Å². The van der Waals surface area contributed by atoms with Gasteiger partial charge >= 0.3 is 0 Å². The zero-order valence-corrected chi connectivity index (χ0v) is 20.6. The molecule has 168 valence electrons. The zero-order valence-electron chi connectivity index (χ0n) is 15.9. The second-order valence-corrected chi connectivity index (χ2v) is 12.6. The monoisotopic (exact) mass is 543 g/mol. The Balaban J connectivity index is 1.52. The SMILES string of the molecule is O=S(=O)(NS(=O)(=O)N1CCc2cc(Cl)c(Cl)cc2C1)N1CCc2cc(Cl)c(Cl)cc2C1. The highest BCUT2D eigenvalue weighted by atomic mass is 35.5. The Morgan fingerprint density at radius 2 is 0.935 bits per heavy atom. The summed E-state index contributed by atoms with van der Waals surface area (Å²) in [6.07, 6.45) is 0.785. The van der Waals surface area contributed by atoms with Gasteiger partial charge < -0.3 is 0 Å². The summed E-state index contributed by atoms with van der Waals surface area (Å²) in [5.74, 6) is 0. The van der Waals surface area contributed by atoms with Gasteiger partial charge in [0, 0.05) is 26.2 Å². The highest BCUT2D eigenvalue weighted by Gasteiger charge is 2.35. The zero-order chi connectivity index (χ0) is 22.6. The average molecular weight is 545 g/mol. The topological polar surface area (TPSA) is 86.8 Å². The van der Waals surface area contributed by atoms with Crippen LogP contribution in [0.1, 0.15) is 22.3 Å². The fraction of sp³-hybridized carbons (Fsp3) is 0.333. The minimum atomic E-state index is -4.32. The highest BCUT2D eigenvalue weighted by molar-refractivity contribution is 8.02. The average Bonchev–Trinajstić information content (AvgIpc) is 2.68. The third-order valence-electron chi connectivity index (χ3n) is 5.33. The molecule has 0 amide bonds. The largest absolute Gasteiger partial charge is 0.293 e. The van der Waals surface area contributed by atoms with Gasteiger partial charge in [-0.1, -0.05) is 50.5 Å². The molecule has 2 aromatic rings. The molecule has 2 aliphatic rings. The van der Waals surface area contributed by atoms with Crippen molar-refractivity contribution in [2.45, 2.75) is 25.9 Å². The number of halogens is 4. The van der Waals surface area contributed by atoms with Crippen molar-refractivity contribution in [2.24, 2.45) is 0 Å². The first kappa shape index (κ1) is 23.5. The molecule has 0 atom stereocenters. The van der Waals surface area contributed by atoms with Crippen LogP contribution in [0.4, 0.5) is 0 Å². The van der Waals surface area contributed by atoms with E-state index in [9.17, 15) is 16.8 Å². The van der Waals surface area contributed by atoms with E-state index >= 15 is 0 Å². The molecule has 31 heavy (non-hydrogen) atoms. The summed E-state index contributed by atoms with van der Waals surface area (Å²) in [5.41, 5.74) is 3.13. The summed E-state index contributed by atoms with van der Waals surface area (Å²) >= 11 is 24.1. The highest BCUT2D eigenvalue weighted by Crippen LogP contribution is 2.32. The Kier molecular flexibility index (Phi) is 6.55. The lowest BCUT2D eigenvalue weighted by Crippen LogP contribution is -2.51. The molecule has 0 saturated heterocycles. The van der Waals surface area contributed by atoms with Crippen LogP contribution in [0.15, 0.2) is 24.3 Å². The van der Waals surface area contributed by atoms with E-state index in [4.69, 9.17) is 46.4 Å². The predicted octanol–water partition coefficient (Wildman–Crippen LogP) is 3.80. The molecule has 2 aromatic carbocycles. The Hall–Kier alpha value is -0.620. The molecule has 2 aliphatic heterocycles. The summed E-state index contributed by atoms with van der Waals surface area (Å²) in [6.45, 7) is 0.224. The maximum absolute atomic E-state index is 12.9. The molecule has 1 N–H and O–H groups in total. The Labute approximate surface area is 201 Å². The van der Waals surface area contributed by atoms with Crippen molar-refractivity contribution in [3.05, 3.63) is 66.6 Å². The third-order valence-corrected chi connectivity index (χ3v) is 10.4. The fourth-order valence-corrected chi connectivity index (χ4v) is 7.63. The number of nitrogens with zero attached hydrogens (tertiary/aromatic N) is 2. The van der Waals surface area contributed by atoms with Crippen molar-refractivity contribution in [3.8, 4) is 0 Å². The molecule has 0 saturated carbocycles. The van der Waals surface area contributed by atoms with Gasteiger partial charge in [-0.3, -0.25) is 0 Å². The van der Waals surface area contributed by atoms with Crippen molar-refractivity contribution >= 4 is 66.8 Å². The van der Waals surface area contributed by atoms with Crippen LogP contribution in [-0.2, 0) is 46.3 Å². The number of rotatable bonds is 4. The summed E-state index contributed by atoms with van der Waals surface area (Å²) < 4.78 is 55.5. The van der Waals surface area contributed by atoms with E-state index in [1.165, 1.54) is 0 Å². The normalized spacial score (nSPS) is 17.9. The van der Waals surface area contributed by atoms with E-state index in [1.54, 1.807) is 24.3 Å². The van der Waals surface area contributed by atoms with Crippen molar-refractivity contribution in [3.63, 3.8) is 0 Å². The molecule has 0 aliphatic carbocycles. The van der Waals surface area contributed by atoms with Crippen LogP contribution in [0.25, 0.3) is 0 Å². The van der Waals surface area contributed by atoms with E-state index in [1.807, 2.05) is 4.13 Å². The van der Waals surface area contributed by atoms with Gasteiger partial charge in [-0.15, -0.1) is 0 Å². The van der Waals surface area contributed by atoms with Gasteiger partial charge in [-0.05, 0) is 59.4 Å². The van der Waals surface area contributed by atoms with E-state index in [-0.39, 0.29) is 26.2 Å². The van der Waals surface area contributed by atoms with Gasteiger partial charge in [0.15, 0.2) is 0 Å². The maximum Gasteiger partial charge on any atom is 0.293 e. The van der Waals surface area contributed by atoms with E-state index < -0.39 is 20.4 Å². The first-order valence-corrected chi connectivity index (χ1v) is 13.6. The van der Waals surface area contributed by atoms with Crippen LogP contribution >= 0.6 is 46.4 Å². The van der Waals surface area contributed by atoms with Crippen LogP contribution in [0.3, 0.4) is 0 Å². The summed E-state index contributed by atoms with van der Waals surface area (Å²) in [7, 11) is -8.64. The first-order valence-electron chi connectivity index (χ1n) is 9.18. The van der Waals surface area contributed by atoms with Crippen LogP contribution in [0, 0.1) is 0 Å². The molecule has 0 radical (unpaired) electrons. The van der Waals surface area contributed by atoms with Gasteiger partial charge in [0.25, 0.3) is 20.4 Å².